The van der Waals surface area contributed by atoms with E-state index in [0.717, 1.165) is 10.7 Å². The Morgan fingerprint density at radius 1 is 1.08 bits per heavy atom. The number of hydrogen-bond donors (Lipinski definition) is 0. The van der Waals surface area contributed by atoms with Crippen LogP contribution < -0.4 is 0 Å². The fourth-order valence-electron chi connectivity index (χ4n) is 2.65. The van der Waals surface area contributed by atoms with Gasteiger partial charge in [-0.2, -0.15) is 0 Å². The van der Waals surface area contributed by atoms with Crippen molar-refractivity contribution in [1.82, 2.24) is 4.31 Å². The Hall–Kier alpha value is 0.1000. The number of carbonyl (C=O) groups is 2. The average molecular weight is 415 g/mol. The van der Waals surface area contributed by atoms with E-state index < -0.39 is 3.12 Å². The minimum atomic E-state index is -1.70. The summed E-state index contributed by atoms with van der Waals surface area (Å²) >= 11 is 17.6. The monoisotopic (exact) mass is 413 g/mol. The van der Waals surface area contributed by atoms with Gasteiger partial charge in [-0.25, -0.2) is 4.31 Å². The molecule has 1 heterocycles. The van der Waals surface area contributed by atoms with Crippen LogP contribution in [0.3, 0.4) is 0 Å². The summed E-state index contributed by atoms with van der Waals surface area (Å²) in [5, 5.41) is 0. The van der Waals surface area contributed by atoms with E-state index in [2.05, 4.69) is 13.0 Å². The molecular weight excluding hydrogens is 389 g/mol. The minimum absolute atomic E-state index is 0.189. The number of rotatable bonds is 11. The van der Waals surface area contributed by atoms with Crippen molar-refractivity contribution in [3.05, 3.63) is 12.2 Å². The minimum Gasteiger partial charge on any atom is -0.273 e. The largest absolute Gasteiger partial charge is 0.273 e. The first-order valence-corrected chi connectivity index (χ1v) is 10.5. The van der Waals surface area contributed by atoms with Crippen LogP contribution in [0.1, 0.15) is 71.1 Å². The molecule has 0 bridgehead atoms. The lowest BCUT2D eigenvalue weighted by Gasteiger charge is -2.17. The lowest BCUT2D eigenvalue weighted by atomic mass is 10.0. The van der Waals surface area contributed by atoms with Crippen molar-refractivity contribution in [1.29, 1.82) is 0 Å². The number of imide groups is 1. The molecule has 7 heteroatoms. The predicted molar refractivity (Wildman–Crippen MR) is 104 cm³/mol. The van der Waals surface area contributed by atoms with Crippen molar-refractivity contribution in [2.75, 3.05) is 0 Å². The van der Waals surface area contributed by atoms with Crippen molar-refractivity contribution in [3.8, 4) is 0 Å². The molecule has 138 valence electrons. The fourth-order valence-corrected chi connectivity index (χ4v) is 3.89. The summed E-state index contributed by atoms with van der Waals surface area (Å²) in [5.41, 5.74) is 0. The van der Waals surface area contributed by atoms with Gasteiger partial charge in [0.05, 0.1) is 5.92 Å². The zero-order chi connectivity index (χ0) is 18.0. The maximum absolute atomic E-state index is 12.2. The van der Waals surface area contributed by atoms with Crippen molar-refractivity contribution >= 4 is 58.6 Å². The van der Waals surface area contributed by atoms with Gasteiger partial charge in [-0.05, 0) is 19.3 Å². The van der Waals surface area contributed by atoms with Crippen molar-refractivity contribution in [3.63, 3.8) is 0 Å². The third kappa shape index (κ3) is 8.98. The van der Waals surface area contributed by atoms with Crippen LogP contribution in [-0.4, -0.2) is 19.2 Å². The predicted octanol–water partition coefficient (Wildman–Crippen LogP) is 6.42. The number of unbranched alkanes of at least 4 members (excludes halogenated alkanes) is 7. The molecule has 1 rings (SSSR count). The van der Waals surface area contributed by atoms with Gasteiger partial charge in [0.2, 0.25) is 11.8 Å². The molecule has 1 atom stereocenters. The average Bonchev–Trinajstić information content (AvgIpc) is 2.75. The molecular formula is C17H26Cl3NO2S. The molecule has 0 aliphatic carbocycles. The molecule has 0 spiro atoms. The van der Waals surface area contributed by atoms with E-state index in [1.807, 2.05) is 6.08 Å². The highest BCUT2D eigenvalue weighted by atomic mass is 35.6. The van der Waals surface area contributed by atoms with Gasteiger partial charge in [0.25, 0.3) is 3.12 Å². The summed E-state index contributed by atoms with van der Waals surface area (Å²) in [6.07, 6.45) is 14.9. The maximum atomic E-state index is 12.2. The Morgan fingerprint density at radius 3 is 2.33 bits per heavy atom. The Kier molecular flexibility index (Phi) is 10.8. The smallest absolute Gasteiger partial charge is 0.256 e. The number of carbonyl (C=O) groups excluding carboxylic acids is 2. The number of amides is 2. The molecule has 0 aromatic rings. The van der Waals surface area contributed by atoms with Gasteiger partial charge in [-0.3, -0.25) is 9.59 Å². The number of allylic oxidation sites excluding steroid dienone is 2. The van der Waals surface area contributed by atoms with Gasteiger partial charge in [-0.15, -0.1) is 0 Å². The van der Waals surface area contributed by atoms with E-state index >= 15 is 0 Å². The highest BCUT2D eigenvalue weighted by Crippen LogP contribution is 2.44. The molecule has 1 fully saturated rings. The second kappa shape index (κ2) is 11.7. The summed E-state index contributed by atoms with van der Waals surface area (Å²) in [4.78, 5) is 24.0. The number of nitrogens with zero attached hydrogens (tertiary/aromatic N) is 1. The van der Waals surface area contributed by atoms with Crippen LogP contribution in [0.4, 0.5) is 0 Å². The van der Waals surface area contributed by atoms with Crippen LogP contribution in [0.15, 0.2) is 12.2 Å². The maximum Gasteiger partial charge on any atom is 0.256 e. The quantitative estimate of drug-likeness (QED) is 0.129. The second-order valence-electron chi connectivity index (χ2n) is 6.08. The van der Waals surface area contributed by atoms with Gasteiger partial charge >= 0.3 is 0 Å². The van der Waals surface area contributed by atoms with Crippen molar-refractivity contribution < 1.29 is 9.59 Å². The first-order chi connectivity index (χ1) is 11.3. The van der Waals surface area contributed by atoms with E-state index in [1.54, 1.807) is 0 Å². The lowest BCUT2D eigenvalue weighted by molar-refractivity contribution is -0.132. The molecule has 2 amide bonds. The molecule has 1 unspecified atom stereocenters. The fraction of sp³-hybridized carbons (Fsp3) is 0.765. The number of halogens is 3. The van der Waals surface area contributed by atoms with Gasteiger partial charge < -0.3 is 0 Å². The first-order valence-electron chi connectivity index (χ1n) is 8.62. The third-order valence-corrected chi connectivity index (χ3v) is 5.35. The first kappa shape index (κ1) is 22.1. The van der Waals surface area contributed by atoms with Gasteiger partial charge in [0.15, 0.2) is 0 Å². The molecule has 0 aromatic carbocycles. The van der Waals surface area contributed by atoms with Crippen LogP contribution in [0.25, 0.3) is 0 Å². The second-order valence-corrected chi connectivity index (χ2v) is 10.2. The summed E-state index contributed by atoms with van der Waals surface area (Å²) < 4.78 is -0.713. The van der Waals surface area contributed by atoms with Gasteiger partial charge in [0.1, 0.15) is 0 Å². The zero-order valence-electron chi connectivity index (χ0n) is 14.1. The standard InChI is InChI=1S/C17H26Cl3NO2S/c1-2-3-4-5-6-7-8-9-10-11-12-14-13-15(22)21(16(14)23)24-17(18,19)20/h10-11,14H,2-9,12-13H2,1H3. The Balaban J connectivity index is 2.19. The van der Waals surface area contributed by atoms with Crippen LogP contribution in [-0.2, 0) is 9.59 Å². The van der Waals surface area contributed by atoms with E-state index in [0.29, 0.717) is 18.4 Å². The van der Waals surface area contributed by atoms with Crippen molar-refractivity contribution in [2.24, 2.45) is 5.92 Å². The molecule has 1 aliphatic heterocycles. The molecule has 1 aliphatic rings. The van der Waals surface area contributed by atoms with E-state index in [4.69, 9.17) is 34.8 Å². The molecule has 24 heavy (non-hydrogen) atoms. The van der Waals surface area contributed by atoms with Crippen molar-refractivity contribution in [2.45, 2.75) is 74.3 Å². The molecule has 0 aromatic heterocycles. The Bertz CT molecular complexity index is 438. The SMILES string of the molecule is CCCCCCCCCC=CCC1CC(=O)N(SC(Cl)(Cl)Cl)C1=O. The molecule has 3 nitrogen and oxygen atoms in total. The number of alkyl halides is 3. The lowest BCUT2D eigenvalue weighted by Crippen LogP contribution is -2.26. The normalized spacial score (nSPS) is 19.0. The van der Waals surface area contributed by atoms with Crippen LogP contribution in [0, 0.1) is 5.92 Å². The summed E-state index contributed by atoms with van der Waals surface area (Å²) in [6, 6.07) is 0. The summed E-state index contributed by atoms with van der Waals surface area (Å²) in [7, 11) is 0. The summed E-state index contributed by atoms with van der Waals surface area (Å²) in [5.74, 6) is -0.888. The topological polar surface area (TPSA) is 37.4 Å². The van der Waals surface area contributed by atoms with E-state index in [1.165, 1.54) is 44.9 Å². The zero-order valence-corrected chi connectivity index (χ0v) is 17.2. The Labute approximate surface area is 164 Å². The highest BCUT2D eigenvalue weighted by Gasteiger charge is 2.42. The van der Waals surface area contributed by atoms with Gasteiger partial charge in [-0.1, -0.05) is 92.4 Å². The molecule has 0 radical (unpaired) electrons. The molecule has 0 saturated carbocycles. The molecule has 1 saturated heterocycles. The van der Waals surface area contributed by atoms with E-state index in [-0.39, 0.29) is 24.2 Å². The van der Waals surface area contributed by atoms with Gasteiger partial charge in [0, 0.05) is 18.4 Å². The third-order valence-electron chi connectivity index (χ3n) is 3.95. The van der Waals surface area contributed by atoms with E-state index in [9.17, 15) is 9.59 Å². The van der Waals surface area contributed by atoms with Crippen LogP contribution in [0.5, 0.6) is 0 Å². The Morgan fingerprint density at radius 2 is 1.71 bits per heavy atom. The highest BCUT2D eigenvalue weighted by molar-refractivity contribution is 8.03. The molecule has 0 N–H and O–H groups in total. The van der Waals surface area contributed by atoms with Crippen LogP contribution in [0.2, 0.25) is 0 Å². The van der Waals surface area contributed by atoms with Crippen LogP contribution >= 0.6 is 46.8 Å². The summed E-state index contributed by atoms with van der Waals surface area (Å²) in [6.45, 7) is 2.22. The number of hydrogen-bond acceptors (Lipinski definition) is 3.